The van der Waals surface area contributed by atoms with Crippen molar-refractivity contribution in [3.8, 4) is 5.75 Å². The molecule has 0 heterocycles. The van der Waals surface area contributed by atoms with Gasteiger partial charge in [-0.25, -0.2) is 0 Å². The van der Waals surface area contributed by atoms with E-state index in [1.54, 1.807) is 23.9 Å². The number of alkyl halides is 3. The lowest BCUT2D eigenvalue weighted by atomic mass is 10.2. The lowest BCUT2D eigenvalue weighted by Crippen LogP contribution is -2.30. The van der Waals surface area contributed by atoms with Crippen molar-refractivity contribution in [1.82, 2.24) is 5.32 Å². The fourth-order valence-corrected chi connectivity index (χ4v) is 2.41. The van der Waals surface area contributed by atoms with E-state index >= 15 is 0 Å². The average Bonchev–Trinajstić information content (AvgIpc) is 2.34. The summed E-state index contributed by atoms with van der Waals surface area (Å²) in [7, 11) is 0. The lowest BCUT2D eigenvalue weighted by Gasteiger charge is -2.18. The highest BCUT2D eigenvalue weighted by molar-refractivity contribution is 7.98. The second kappa shape index (κ2) is 7.65. The Balaban J connectivity index is 2.67. The Morgan fingerprint density at radius 2 is 2.00 bits per heavy atom. The van der Waals surface area contributed by atoms with Gasteiger partial charge in [0.2, 0.25) is 0 Å². The van der Waals surface area contributed by atoms with Crippen molar-refractivity contribution in [2.24, 2.45) is 0 Å². The van der Waals surface area contributed by atoms with Crippen LogP contribution in [0.4, 0.5) is 13.2 Å². The van der Waals surface area contributed by atoms with Gasteiger partial charge in [0.25, 0.3) is 0 Å². The largest absolute Gasteiger partial charge is 0.573 e. The summed E-state index contributed by atoms with van der Waals surface area (Å²) in [6, 6.07) is 6.49. The molecule has 1 N–H and O–H groups in total. The summed E-state index contributed by atoms with van der Waals surface area (Å²) in [4.78, 5) is 0. The van der Waals surface area contributed by atoms with Crippen molar-refractivity contribution in [2.75, 3.05) is 12.0 Å². The van der Waals surface area contributed by atoms with Crippen LogP contribution >= 0.6 is 11.8 Å². The van der Waals surface area contributed by atoms with Gasteiger partial charge in [0.05, 0.1) is 0 Å². The zero-order chi connectivity index (χ0) is 14.3. The van der Waals surface area contributed by atoms with E-state index in [2.05, 4.69) is 10.1 Å². The minimum Gasteiger partial charge on any atom is -0.405 e. The van der Waals surface area contributed by atoms with Crippen molar-refractivity contribution in [2.45, 2.75) is 32.3 Å². The quantitative estimate of drug-likeness (QED) is 0.826. The third-order valence-electron chi connectivity index (χ3n) is 2.64. The van der Waals surface area contributed by atoms with E-state index in [1.807, 2.05) is 13.2 Å². The Hall–Kier alpha value is -0.880. The van der Waals surface area contributed by atoms with E-state index in [4.69, 9.17) is 0 Å². The molecule has 0 aliphatic rings. The molecule has 0 aliphatic heterocycles. The predicted molar refractivity (Wildman–Crippen MR) is 72.4 cm³/mol. The zero-order valence-corrected chi connectivity index (χ0v) is 11.8. The highest BCUT2D eigenvalue weighted by atomic mass is 32.2. The molecule has 2 nitrogen and oxygen atoms in total. The van der Waals surface area contributed by atoms with Crippen molar-refractivity contribution in [3.05, 3.63) is 29.8 Å². The molecule has 1 aromatic carbocycles. The van der Waals surface area contributed by atoms with Crippen LogP contribution in [0.1, 0.15) is 18.9 Å². The fourth-order valence-electron chi connectivity index (χ4n) is 1.65. The molecule has 6 heteroatoms. The van der Waals surface area contributed by atoms with Gasteiger partial charge in [-0.15, -0.1) is 13.2 Å². The first kappa shape index (κ1) is 16.2. The van der Waals surface area contributed by atoms with Crippen LogP contribution in [0, 0.1) is 0 Å². The first-order valence-electron chi connectivity index (χ1n) is 6.02. The minimum absolute atomic E-state index is 0.137. The molecule has 0 spiro atoms. The molecule has 0 aromatic heterocycles. The first-order chi connectivity index (χ1) is 8.96. The van der Waals surface area contributed by atoms with Crippen LogP contribution < -0.4 is 10.1 Å². The molecule has 108 valence electrons. The van der Waals surface area contributed by atoms with Crippen molar-refractivity contribution in [1.29, 1.82) is 0 Å². The van der Waals surface area contributed by atoms with E-state index in [9.17, 15) is 13.2 Å². The molecule has 0 fully saturated rings. The normalized spacial score (nSPS) is 13.3. The van der Waals surface area contributed by atoms with Crippen LogP contribution in [0.3, 0.4) is 0 Å². The molecular weight excluding hydrogens is 275 g/mol. The summed E-state index contributed by atoms with van der Waals surface area (Å²) >= 11 is 1.71. The number of rotatable bonds is 7. The molecule has 1 atom stereocenters. The summed E-state index contributed by atoms with van der Waals surface area (Å²) in [6.45, 7) is 2.41. The number of hydrogen-bond donors (Lipinski definition) is 1. The van der Waals surface area contributed by atoms with Crippen molar-refractivity contribution >= 4 is 11.8 Å². The Bertz CT molecular complexity index is 384. The van der Waals surface area contributed by atoms with E-state index in [0.717, 1.165) is 12.2 Å². The highest BCUT2D eigenvalue weighted by Crippen LogP contribution is 2.26. The maximum absolute atomic E-state index is 12.3. The van der Waals surface area contributed by atoms with Crippen LogP contribution in [0.5, 0.6) is 5.75 Å². The first-order valence-corrected chi connectivity index (χ1v) is 7.41. The average molecular weight is 293 g/mol. The van der Waals surface area contributed by atoms with Gasteiger partial charge in [0, 0.05) is 23.9 Å². The SMILES string of the molecule is CCC(CSC)NCc1ccccc1OC(F)(F)F. The molecule has 0 radical (unpaired) electrons. The summed E-state index contributed by atoms with van der Waals surface area (Å²) in [5.41, 5.74) is 0.513. The predicted octanol–water partition coefficient (Wildman–Crippen LogP) is 3.82. The Morgan fingerprint density at radius 1 is 1.32 bits per heavy atom. The second-order valence-corrected chi connectivity index (χ2v) is 5.01. The summed E-state index contributed by atoms with van der Waals surface area (Å²) < 4.78 is 40.8. The van der Waals surface area contributed by atoms with Crippen LogP contribution in [-0.2, 0) is 6.54 Å². The summed E-state index contributed by atoms with van der Waals surface area (Å²) in [6.07, 6.45) is -1.71. The molecular formula is C13H18F3NOS. The monoisotopic (exact) mass is 293 g/mol. The van der Waals surface area contributed by atoms with Gasteiger partial charge >= 0.3 is 6.36 Å². The Morgan fingerprint density at radius 3 is 2.58 bits per heavy atom. The van der Waals surface area contributed by atoms with Crippen LogP contribution in [0.25, 0.3) is 0 Å². The number of ether oxygens (including phenoxy) is 1. The zero-order valence-electron chi connectivity index (χ0n) is 11.0. The van der Waals surface area contributed by atoms with Gasteiger partial charge in [-0.2, -0.15) is 11.8 Å². The molecule has 0 bridgehead atoms. The molecule has 1 unspecified atom stereocenters. The van der Waals surface area contributed by atoms with Crippen LogP contribution in [-0.4, -0.2) is 24.4 Å². The van der Waals surface area contributed by atoms with Crippen LogP contribution in [0.15, 0.2) is 24.3 Å². The third kappa shape index (κ3) is 6.20. The second-order valence-electron chi connectivity index (χ2n) is 4.10. The summed E-state index contributed by atoms with van der Waals surface area (Å²) in [5, 5.41) is 3.24. The van der Waals surface area contributed by atoms with E-state index in [0.29, 0.717) is 12.1 Å². The third-order valence-corrected chi connectivity index (χ3v) is 3.38. The van der Waals surface area contributed by atoms with Crippen molar-refractivity contribution < 1.29 is 17.9 Å². The maximum atomic E-state index is 12.3. The molecule has 1 rings (SSSR count). The topological polar surface area (TPSA) is 21.3 Å². The van der Waals surface area contributed by atoms with Crippen LogP contribution in [0.2, 0.25) is 0 Å². The number of hydrogen-bond acceptors (Lipinski definition) is 3. The molecule has 0 aliphatic carbocycles. The van der Waals surface area contributed by atoms with Crippen molar-refractivity contribution in [3.63, 3.8) is 0 Å². The highest BCUT2D eigenvalue weighted by Gasteiger charge is 2.31. The van der Waals surface area contributed by atoms with Gasteiger partial charge in [-0.1, -0.05) is 25.1 Å². The molecule has 0 amide bonds. The Labute approximate surface area is 115 Å². The van der Waals surface area contributed by atoms with Gasteiger partial charge in [-0.3, -0.25) is 0 Å². The molecule has 1 aromatic rings. The van der Waals surface area contributed by atoms with Gasteiger partial charge in [0.1, 0.15) is 5.75 Å². The van der Waals surface area contributed by atoms with Gasteiger partial charge < -0.3 is 10.1 Å². The molecule has 0 saturated heterocycles. The fraction of sp³-hybridized carbons (Fsp3) is 0.538. The number of nitrogens with one attached hydrogen (secondary N) is 1. The minimum atomic E-state index is -4.65. The molecule has 0 saturated carbocycles. The van der Waals surface area contributed by atoms with E-state index in [-0.39, 0.29) is 11.8 Å². The number of thioether (sulfide) groups is 1. The smallest absolute Gasteiger partial charge is 0.405 e. The Kier molecular flexibility index (Phi) is 6.51. The number of halogens is 3. The maximum Gasteiger partial charge on any atom is 0.573 e. The standard InChI is InChI=1S/C13H18F3NOS/c1-3-11(9-19-2)17-8-10-6-4-5-7-12(10)18-13(14,15)16/h4-7,11,17H,3,8-9H2,1-2H3. The van der Waals surface area contributed by atoms with Gasteiger partial charge in [0.15, 0.2) is 0 Å². The van der Waals surface area contributed by atoms with Gasteiger partial charge in [-0.05, 0) is 18.7 Å². The van der Waals surface area contributed by atoms with E-state index in [1.165, 1.54) is 12.1 Å². The number of benzene rings is 1. The summed E-state index contributed by atoms with van der Waals surface area (Å²) in [5.74, 6) is 0.792. The molecule has 19 heavy (non-hydrogen) atoms. The lowest BCUT2D eigenvalue weighted by molar-refractivity contribution is -0.274. The number of para-hydroxylation sites is 1. The van der Waals surface area contributed by atoms with E-state index < -0.39 is 6.36 Å².